The number of thiophene rings is 1. The Morgan fingerprint density at radius 1 is 1.07 bits per heavy atom. The lowest BCUT2D eigenvalue weighted by Crippen LogP contribution is -2.33. The molecule has 2 aromatic heterocycles. The summed E-state index contributed by atoms with van der Waals surface area (Å²) in [6.07, 6.45) is -0.238. The number of fused-ring (bicyclic) bond motifs is 1. The van der Waals surface area contributed by atoms with E-state index in [1.54, 1.807) is 36.5 Å². The van der Waals surface area contributed by atoms with Gasteiger partial charge in [-0.25, -0.2) is 14.8 Å². The van der Waals surface area contributed by atoms with Gasteiger partial charge in [0.05, 0.1) is 38.8 Å². The van der Waals surface area contributed by atoms with Crippen LogP contribution in [0.4, 0.5) is 10.6 Å². The number of anilines is 1. The van der Waals surface area contributed by atoms with Gasteiger partial charge in [0.1, 0.15) is 17.2 Å². The first kappa shape index (κ1) is 32.5. The molecule has 10 nitrogen and oxygen atoms in total. The molecule has 0 aliphatic carbocycles. The van der Waals surface area contributed by atoms with Crippen molar-refractivity contribution in [1.82, 2.24) is 14.9 Å². The molecular weight excluding hydrogens is 580 g/mol. The molecule has 0 spiro atoms. The summed E-state index contributed by atoms with van der Waals surface area (Å²) in [7, 11) is 4.66. The average Bonchev–Trinajstić information content (AvgIpc) is 3.46. The Bertz CT molecular complexity index is 1630. The second-order valence-electron chi connectivity index (χ2n) is 11.4. The minimum Gasteiger partial charge on any atom is -0.493 e. The number of hydrogen-bond donors (Lipinski definition) is 1. The van der Waals surface area contributed by atoms with Crippen LogP contribution in [0, 0.1) is 6.92 Å². The maximum absolute atomic E-state index is 12.6. The summed E-state index contributed by atoms with van der Waals surface area (Å²) in [5.41, 5.74) is 3.30. The highest BCUT2D eigenvalue weighted by molar-refractivity contribution is 7.10. The number of carbonyl (C=O) groups is 2. The van der Waals surface area contributed by atoms with Crippen LogP contribution in [-0.2, 0) is 20.8 Å². The summed E-state index contributed by atoms with van der Waals surface area (Å²) in [6.45, 7) is 10.1. The molecular formula is C33H40N4O6S. The fraction of sp³-hybridized carbons (Fsp3) is 0.394. The van der Waals surface area contributed by atoms with Crippen molar-refractivity contribution in [3.8, 4) is 22.6 Å². The van der Waals surface area contributed by atoms with E-state index in [1.807, 2.05) is 52.0 Å². The molecule has 1 N–H and O–H groups in total. The van der Waals surface area contributed by atoms with Gasteiger partial charge in [-0.2, -0.15) is 0 Å². The first-order valence-corrected chi connectivity index (χ1v) is 15.2. The van der Waals surface area contributed by atoms with E-state index in [4.69, 9.17) is 23.9 Å². The SMILES string of the molecule is COC(=O)CCOc1cc2nc(C)nc(N[C@H](C)c3cc(-c4ccccc4CN(C)C(=O)OC(C)(C)C)cs3)c2cc1OC. The third-order valence-corrected chi connectivity index (χ3v) is 7.84. The van der Waals surface area contributed by atoms with E-state index < -0.39 is 5.60 Å². The van der Waals surface area contributed by atoms with E-state index >= 15 is 0 Å². The maximum Gasteiger partial charge on any atom is 0.410 e. The molecule has 1 atom stereocenters. The van der Waals surface area contributed by atoms with Gasteiger partial charge in [-0.15, -0.1) is 11.3 Å². The molecule has 0 saturated heterocycles. The third-order valence-electron chi connectivity index (χ3n) is 6.73. The second-order valence-corrected chi connectivity index (χ2v) is 12.4. The summed E-state index contributed by atoms with van der Waals surface area (Å²) in [5.74, 6) is 1.93. The van der Waals surface area contributed by atoms with Gasteiger partial charge in [0.2, 0.25) is 0 Å². The zero-order valence-electron chi connectivity index (χ0n) is 26.5. The molecule has 0 aliphatic heterocycles. The minimum absolute atomic E-state index is 0.0650. The van der Waals surface area contributed by atoms with Crippen molar-refractivity contribution in [3.63, 3.8) is 0 Å². The summed E-state index contributed by atoms with van der Waals surface area (Å²) in [5, 5.41) is 6.47. The minimum atomic E-state index is -0.559. The zero-order chi connectivity index (χ0) is 32.0. The highest BCUT2D eigenvalue weighted by atomic mass is 32.1. The molecule has 4 aromatic rings. The van der Waals surface area contributed by atoms with Gasteiger partial charge in [0.15, 0.2) is 11.5 Å². The molecule has 1 amide bonds. The summed E-state index contributed by atoms with van der Waals surface area (Å²) >= 11 is 1.65. The van der Waals surface area contributed by atoms with Crippen molar-refractivity contribution in [3.05, 3.63) is 64.1 Å². The number of nitrogens with zero attached hydrogens (tertiary/aromatic N) is 3. The molecule has 0 aliphatic rings. The van der Waals surface area contributed by atoms with E-state index in [0.29, 0.717) is 35.2 Å². The van der Waals surface area contributed by atoms with E-state index in [9.17, 15) is 9.59 Å². The van der Waals surface area contributed by atoms with Crippen molar-refractivity contribution in [2.24, 2.45) is 0 Å². The fourth-order valence-electron chi connectivity index (χ4n) is 4.58. The summed E-state index contributed by atoms with van der Waals surface area (Å²) < 4.78 is 21.6. The number of rotatable bonds is 11. The maximum atomic E-state index is 12.6. The Labute approximate surface area is 262 Å². The van der Waals surface area contributed by atoms with Gasteiger partial charge < -0.3 is 29.2 Å². The average molecular weight is 621 g/mol. The fourth-order valence-corrected chi connectivity index (χ4v) is 5.49. The Balaban J connectivity index is 1.55. The van der Waals surface area contributed by atoms with Gasteiger partial charge in [-0.3, -0.25) is 4.79 Å². The molecule has 0 saturated carbocycles. The third kappa shape index (κ3) is 8.16. The van der Waals surface area contributed by atoms with Gasteiger partial charge in [0, 0.05) is 29.9 Å². The number of benzene rings is 2. The van der Waals surface area contributed by atoms with E-state index in [0.717, 1.165) is 27.0 Å². The highest BCUT2D eigenvalue weighted by Crippen LogP contribution is 2.37. The Hall–Kier alpha value is -4.38. The lowest BCUT2D eigenvalue weighted by Gasteiger charge is -2.25. The largest absolute Gasteiger partial charge is 0.493 e. The van der Waals surface area contributed by atoms with Crippen LogP contribution in [0.1, 0.15) is 56.4 Å². The molecule has 4 rings (SSSR count). The predicted molar refractivity (Wildman–Crippen MR) is 172 cm³/mol. The molecule has 11 heteroatoms. The van der Waals surface area contributed by atoms with Crippen LogP contribution in [0.25, 0.3) is 22.0 Å². The summed E-state index contributed by atoms with van der Waals surface area (Å²) in [6, 6.07) is 13.8. The molecule has 0 bridgehead atoms. The molecule has 2 heterocycles. The first-order chi connectivity index (χ1) is 20.9. The highest BCUT2D eigenvalue weighted by Gasteiger charge is 2.21. The normalized spacial score (nSPS) is 12.0. The van der Waals surface area contributed by atoms with Gasteiger partial charge in [-0.05, 0) is 68.8 Å². The van der Waals surface area contributed by atoms with E-state index in [-0.39, 0.29) is 31.1 Å². The first-order valence-electron chi connectivity index (χ1n) is 14.3. The van der Waals surface area contributed by atoms with Crippen molar-refractivity contribution in [1.29, 1.82) is 0 Å². The zero-order valence-corrected chi connectivity index (χ0v) is 27.3. The monoisotopic (exact) mass is 620 g/mol. The van der Waals surface area contributed by atoms with Crippen LogP contribution in [0.2, 0.25) is 0 Å². The number of amides is 1. The lowest BCUT2D eigenvalue weighted by atomic mass is 10.0. The topological polar surface area (TPSA) is 112 Å². The Morgan fingerprint density at radius 2 is 1.82 bits per heavy atom. The number of hydrogen-bond acceptors (Lipinski definition) is 10. The van der Waals surface area contributed by atoms with Crippen LogP contribution in [0.5, 0.6) is 11.5 Å². The second kappa shape index (κ2) is 13.9. The van der Waals surface area contributed by atoms with Crippen LogP contribution in [0.15, 0.2) is 47.8 Å². The van der Waals surface area contributed by atoms with Crippen molar-refractivity contribution in [2.45, 2.75) is 59.2 Å². The number of esters is 1. The number of ether oxygens (including phenoxy) is 4. The number of carbonyl (C=O) groups excluding carboxylic acids is 2. The lowest BCUT2D eigenvalue weighted by molar-refractivity contribution is -0.141. The van der Waals surface area contributed by atoms with Gasteiger partial charge in [0.25, 0.3) is 0 Å². The molecule has 44 heavy (non-hydrogen) atoms. The molecule has 0 fully saturated rings. The molecule has 234 valence electrons. The predicted octanol–water partition coefficient (Wildman–Crippen LogP) is 7.16. The van der Waals surface area contributed by atoms with E-state index in [1.165, 1.54) is 7.11 Å². The molecule has 0 unspecified atom stereocenters. The van der Waals surface area contributed by atoms with Crippen LogP contribution < -0.4 is 14.8 Å². The molecule has 0 radical (unpaired) electrons. The van der Waals surface area contributed by atoms with Crippen LogP contribution >= 0.6 is 11.3 Å². The van der Waals surface area contributed by atoms with Gasteiger partial charge in [-0.1, -0.05) is 24.3 Å². The standard InChI is InChI=1S/C33H40N4O6S/c1-20(29-15-23(19-44-29)24-12-10-9-11-22(24)18-37(6)32(39)43-33(3,4)5)34-31-25-16-27(40-7)28(42-14-13-30(38)41-8)17-26(25)35-21(2)36-31/h9-12,15-17,19-20H,13-14,18H2,1-8H3,(H,34,35,36)/t20-/m1/s1. The Morgan fingerprint density at radius 3 is 2.52 bits per heavy atom. The summed E-state index contributed by atoms with van der Waals surface area (Å²) in [4.78, 5) is 36.1. The van der Waals surface area contributed by atoms with Gasteiger partial charge >= 0.3 is 12.1 Å². The van der Waals surface area contributed by atoms with Crippen LogP contribution in [0.3, 0.4) is 0 Å². The number of aromatic nitrogens is 2. The number of nitrogens with one attached hydrogen (secondary N) is 1. The smallest absolute Gasteiger partial charge is 0.410 e. The Kier molecular flexibility index (Phi) is 10.3. The van der Waals surface area contributed by atoms with E-state index in [2.05, 4.69) is 34.7 Å². The van der Waals surface area contributed by atoms with Crippen LogP contribution in [-0.4, -0.2) is 60.4 Å². The molecule has 2 aromatic carbocycles. The quantitative estimate of drug-likeness (QED) is 0.175. The van der Waals surface area contributed by atoms with Crippen molar-refractivity contribution in [2.75, 3.05) is 33.2 Å². The van der Waals surface area contributed by atoms with Crippen molar-refractivity contribution < 1.29 is 28.5 Å². The van der Waals surface area contributed by atoms with Crippen molar-refractivity contribution >= 4 is 40.1 Å². The number of methoxy groups -OCH3 is 2. The number of aryl methyl sites for hydroxylation is 1.